The highest BCUT2D eigenvalue weighted by Crippen LogP contribution is 2.38. The third kappa shape index (κ3) is 2.30. The van der Waals surface area contributed by atoms with Gasteiger partial charge in [-0.1, -0.05) is 23.2 Å². The molecule has 0 aliphatic rings. The second-order valence-electron chi connectivity index (χ2n) is 3.46. The molecule has 2 rings (SSSR count). The van der Waals surface area contributed by atoms with E-state index < -0.39 is 0 Å². The van der Waals surface area contributed by atoms with Gasteiger partial charge in [0, 0.05) is 18.7 Å². The standard InChI is InChI=1S/C11H9BrCl2N2O/c1-16-5-15-11(12)10(16)6-3-8(14)9(17-2)4-7(6)13/h3-5H,1-2H3. The van der Waals surface area contributed by atoms with Crippen LogP contribution in [0.1, 0.15) is 0 Å². The highest BCUT2D eigenvalue weighted by Gasteiger charge is 2.15. The van der Waals surface area contributed by atoms with Crippen LogP contribution in [0, 0.1) is 0 Å². The van der Waals surface area contributed by atoms with Crippen LogP contribution in [-0.2, 0) is 7.05 Å². The minimum Gasteiger partial charge on any atom is -0.495 e. The van der Waals surface area contributed by atoms with E-state index in [-0.39, 0.29) is 0 Å². The molecule has 0 bridgehead atoms. The average Bonchev–Trinajstić information content (AvgIpc) is 2.62. The number of hydrogen-bond donors (Lipinski definition) is 0. The number of imidazole rings is 1. The molecule has 0 amide bonds. The Kier molecular flexibility index (Phi) is 3.66. The van der Waals surface area contributed by atoms with Crippen molar-refractivity contribution in [2.75, 3.05) is 7.11 Å². The Bertz CT molecular complexity index is 549. The Hall–Kier alpha value is -0.710. The maximum absolute atomic E-state index is 6.21. The van der Waals surface area contributed by atoms with Crippen LogP contribution in [0.25, 0.3) is 11.3 Å². The SMILES string of the molecule is COc1cc(Cl)c(-c2c(Br)ncn2C)cc1Cl. The fourth-order valence-electron chi connectivity index (χ4n) is 1.57. The van der Waals surface area contributed by atoms with Gasteiger partial charge in [-0.05, 0) is 22.0 Å². The largest absolute Gasteiger partial charge is 0.495 e. The minimum atomic E-state index is 0.514. The number of aromatic nitrogens is 2. The van der Waals surface area contributed by atoms with Gasteiger partial charge in [0.15, 0.2) is 0 Å². The summed E-state index contributed by atoms with van der Waals surface area (Å²) in [6.07, 6.45) is 1.70. The number of hydrogen-bond acceptors (Lipinski definition) is 2. The summed E-state index contributed by atoms with van der Waals surface area (Å²) in [4.78, 5) is 4.15. The highest BCUT2D eigenvalue weighted by molar-refractivity contribution is 9.10. The second kappa shape index (κ2) is 4.88. The first-order valence-corrected chi connectivity index (χ1v) is 6.29. The van der Waals surface area contributed by atoms with Crippen LogP contribution in [0.5, 0.6) is 5.75 Å². The Labute approximate surface area is 117 Å². The Morgan fingerprint density at radius 3 is 2.53 bits per heavy atom. The zero-order valence-electron chi connectivity index (χ0n) is 9.17. The summed E-state index contributed by atoms with van der Waals surface area (Å²) in [7, 11) is 3.44. The van der Waals surface area contributed by atoms with Crippen molar-refractivity contribution in [2.24, 2.45) is 7.05 Å². The summed E-state index contributed by atoms with van der Waals surface area (Å²) < 4.78 is 7.70. The molecule has 1 heterocycles. The van der Waals surface area contributed by atoms with Gasteiger partial charge in [-0.3, -0.25) is 0 Å². The van der Waals surface area contributed by atoms with Crippen LogP contribution in [0.3, 0.4) is 0 Å². The Balaban J connectivity index is 2.65. The second-order valence-corrected chi connectivity index (χ2v) is 5.03. The molecule has 17 heavy (non-hydrogen) atoms. The molecule has 1 aromatic carbocycles. The predicted octanol–water partition coefficient (Wildman–Crippen LogP) is 4.17. The quantitative estimate of drug-likeness (QED) is 0.823. The maximum Gasteiger partial charge on any atom is 0.138 e. The molecule has 0 unspecified atom stereocenters. The molecule has 0 aliphatic heterocycles. The van der Waals surface area contributed by atoms with Crippen molar-refractivity contribution in [3.05, 3.63) is 33.1 Å². The van der Waals surface area contributed by atoms with Gasteiger partial charge in [-0.2, -0.15) is 0 Å². The summed E-state index contributed by atoms with van der Waals surface area (Å²) in [5.41, 5.74) is 1.68. The highest BCUT2D eigenvalue weighted by atomic mass is 79.9. The molecule has 2 aromatic rings. The fourth-order valence-corrected chi connectivity index (χ4v) is 2.64. The lowest BCUT2D eigenvalue weighted by molar-refractivity contribution is 0.415. The first kappa shape index (κ1) is 12.7. The molecule has 6 heteroatoms. The molecule has 0 fully saturated rings. The van der Waals surface area contributed by atoms with Crippen LogP contribution in [0.15, 0.2) is 23.1 Å². The smallest absolute Gasteiger partial charge is 0.138 e. The summed E-state index contributed by atoms with van der Waals surface area (Å²) in [6, 6.07) is 3.46. The van der Waals surface area contributed by atoms with Crippen molar-refractivity contribution in [3.8, 4) is 17.0 Å². The van der Waals surface area contributed by atoms with Crippen LogP contribution in [0.4, 0.5) is 0 Å². The summed E-state index contributed by atoms with van der Waals surface area (Å²) >= 11 is 15.7. The van der Waals surface area contributed by atoms with Gasteiger partial charge in [-0.25, -0.2) is 4.98 Å². The number of rotatable bonds is 2. The molecule has 0 saturated heterocycles. The first-order chi connectivity index (χ1) is 8.04. The lowest BCUT2D eigenvalue weighted by atomic mass is 10.1. The van der Waals surface area contributed by atoms with Crippen LogP contribution in [-0.4, -0.2) is 16.7 Å². The number of ether oxygens (including phenoxy) is 1. The molecule has 0 N–H and O–H groups in total. The summed E-state index contributed by atoms with van der Waals surface area (Å²) in [5, 5.41) is 1.08. The number of nitrogens with zero attached hydrogens (tertiary/aromatic N) is 2. The lowest BCUT2D eigenvalue weighted by Gasteiger charge is -2.10. The van der Waals surface area contributed by atoms with Crippen molar-refractivity contribution in [1.29, 1.82) is 0 Å². The molecule has 0 radical (unpaired) electrons. The van der Waals surface area contributed by atoms with Crippen molar-refractivity contribution in [2.45, 2.75) is 0 Å². The molecule has 90 valence electrons. The third-order valence-corrected chi connectivity index (χ3v) is 3.58. The normalized spacial score (nSPS) is 10.6. The van der Waals surface area contributed by atoms with Gasteiger partial charge in [-0.15, -0.1) is 0 Å². The van der Waals surface area contributed by atoms with E-state index in [4.69, 9.17) is 27.9 Å². The average molecular weight is 336 g/mol. The van der Waals surface area contributed by atoms with E-state index in [1.54, 1.807) is 25.6 Å². The van der Waals surface area contributed by atoms with E-state index in [1.165, 1.54) is 0 Å². The maximum atomic E-state index is 6.21. The van der Waals surface area contributed by atoms with E-state index in [1.807, 2.05) is 11.6 Å². The van der Waals surface area contributed by atoms with Gasteiger partial charge in [0.05, 0.1) is 29.2 Å². The zero-order valence-corrected chi connectivity index (χ0v) is 12.3. The van der Waals surface area contributed by atoms with Gasteiger partial charge in [0.1, 0.15) is 10.4 Å². The summed E-state index contributed by atoms with van der Waals surface area (Å²) in [6.45, 7) is 0. The first-order valence-electron chi connectivity index (χ1n) is 4.74. The van der Waals surface area contributed by atoms with Crippen molar-refractivity contribution in [3.63, 3.8) is 0 Å². The van der Waals surface area contributed by atoms with E-state index >= 15 is 0 Å². The molecule has 0 saturated carbocycles. The number of benzene rings is 1. The van der Waals surface area contributed by atoms with Crippen molar-refractivity contribution < 1.29 is 4.74 Å². The van der Waals surface area contributed by atoms with E-state index in [9.17, 15) is 0 Å². The lowest BCUT2D eigenvalue weighted by Crippen LogP contribution is -1.92. The van der Waals surface area contributed by atoms with Crippen LogP contribution in [0.2, 0.25) is 10.0 Å². The Morgan fingerprint density at radius 2 is 2.00 bits per heavy atom. The minimum absolute atomic E-state index is 0.514. The monoisotopic (exact) mass is 334 g/mol. The number of aryl methyl sites for hydroxylation is 1. The van der Waals surface area contributed by atoms with Crippen LogP contribution < -0.4 is 4.74 Å². The van der Waals surface area contributed by atoms with Crippen molar-refractivity contribution in [1.82, 2.24) is 9.55 Å². The van der Waals surface area contributed by atoms with Crippen LogP contribution >= 0.6 is 39.1 Å². The van der Waals surface area contributed by atoms with Crippen molar-refractivity contribution >= 4 is 39.1 Å². The van der Waals surface area contributed by atoms with Gasteiger partial charge in [0.2, 0.25) is 0 Å². The Morgan fingerprint density at radius 1 is 1.29 bits per heavy atom. The molecule has 0 atom stereocenters. The molecule has 1 aromatic heterocycles. The fraction of sp³-hybridized carbons (Fsp3) is 0.182. The predicted molar refractivity (Wildman–Crippen MR) is 72.9 cm³/mol. The van der Waals surface area contributed by atoms with E-state index in [0.29, 0.717) is 15.8 Å². The molecular weight excluding hydrogens is 327 g/mol. The summed E-state index contributed by atoms with van der Waals surface area (Å²) in [5.74, 6) is 0.554. The molecule has 0 spiro atoms. The van der Waals surface area contributed by atoms with E-state index in [2.05, 4.69) is 20.9 Å². The third-order valence-electron chi connectivity index (χ3n) is 2.39. The number of halogens is 3. The topological polar surface area (TPSA) is 27.1 Å². The zero-order chi connectivity index (χ0) is 12.6. The molecule has 0 aliphatic carbocycles. The number of methoxy groups -OCH3 is 1. The van der Waals surface area contributed by atoms with Gasteiger partial charge in [0.25, 0.3) is 0 Å². The molecule has 3 nitrogen and oxygen atoms in total. The van der Waals surface area contributed by atoms with Gasteiger partial charge >= 0.3 is 0 Å². The van der Waals surface area contributed by atoms with Gasteiger partial charge < -0.3 is 9.30 Å². The van der Waals surface area contributed by atoms with E-state index in [0.717, 1.165) is 15.9 Å². The molecular formula is C11H9BrCl2N2O.